The van der Waals surface area contributed by atoms with E-state index in [9.17, 15) is 9.90 Å². The van der Waals surface area contributed by atoms with Crippen LogP contribution < -0.4 is 0 Å². The number of hydrogen-bond donors (Lipinski definition) is 1. The first-order valence-electron chi connectivity index (χ1n) is 7.94. The lowest BCUT2D eigenvalue weighted by atomic mass is 9.69. The van der Waals surface area contributed by atoms with Crippen LogP contribution in [0.4, 0.5) is 0 Å². The largest absolute Gasteiger partial charge is 0.393 e. The van der Waals surface area contributed by atoms with E-state index < -0.39 is 0 Å². The van der Waals surface area contributed by atoms with Crippen LogP contribution >= 0.6 is 0 Å². The van der Waals surface area contributed by atoms with Crippen molar-refractivity contribution in [2.45, 2.75) is 69.8 Å². The maximum absolute atomic E-state index is 11.6. The van der Waals surface area contributed by atoms with Crippen molar-refractivity contribution < 1.29 is 9.90 Å². The molecule has 0 amide bonds. The molecule has 1 aliphatic carbocycles. The van der Waals surface area contributed by atoms with Crippen molar-refractivity contribution in [3.8, 4) is 0 Å². The van der Waals surface area contributed by atoms with Crippen molar-refractivity contribution in [2.75, 3.05) is 0 Å². The minimum absolute atomic E-state index is 0.226. The smallest absolute Gasteiger partial charge is 0.130 e. The van der Waals surface area contributed by atoms with Gasteiger partial charge in [-0.2, -0.15) is 0 Å². The molecule has 1 aromatic rings. The zero-order valence-corrected chi connectivity index (χ0v) is 12.5. The van der Waals surface area contributed by atoms with Crippen molar-refractivity contribution in [1.82, 2.24) is 0 Å². The van der Waals surface area contributed by atoms with Crippen LogP contribution in [0.5, 0.6) is 0 Å². The number of aliphatic hydroxyl groups excluding tert-OH is 1. The third-order valence-electron chi connectivity index (χ3n) is 4.67. The first-order chi connectivity index (χ1) is 9.70. The summed E-state index contributed by atoms with van der Waals surface area (Å²) in [7, 11) is 0. The zero-order chi connectivity index (χ0) is 14.4. The van der Waals surface area contributed by atoms with E-state index in [0.29, 0.717) is 0 Å². The highest BCUT2D eigenvalue weighted by molar-refractivity contribution is 5.69. The van der Waals surface area contributed by atoms with E-state index in [1.54, 1.807) is 0 Å². The Labute approximate surface area is 122 Å². The molecule has 0 radical (unpaired) electrons. The number of rotatable bonds is 6. The molecule has 0 bridgehead atoms. The van der Waals surface area contributed by atoms with Crippen LogP contribution in [0.2, 0.25) is 0 Å². The second kappa shape index (κ2) is 7.03. The number of aldehydes is 1. The Morgan fingerprint density at radius 2 is 1.85 bits per heavy atom. The predicted octanol–water partition coefficient (Wildman–Crippen LogP) is 3.79. The summed E-state index contributed by atoms with van der Waals surface area (Å²) in [4.78, 5) is 11.6. The van der Waals surface area contributed by atoms with E-state index in [1.807, 2.05) is 0 Å². The molecule has 0 unspecified atom stereocenters. The summed E-state index contributed by atoms with van der Waals surface area (Å²) < 4.78 is 0. The minimum atomic E-state index is -0.360. The maximum atomic E-state index is 11.6. The average molecular weight is 274 g/mol. The molecule has 110 valence electrons. The molecule has 20 heavy (non-hydrogen) atoms. The molecule has 2 heteroatoms. The fourth-order valence-corrected chi connectivity index (χ4v) is 3.17. The van der Waals surface area contributed by atoms with Gasteiger partial charge in [0.25, 0.3) is 0 Å². The van der Waals surface area contributed by atoms with Gasteiger partial charge in [-0.3, -0.25) is 0 Å². The molecule has 1 N–H and O–H groups in total. The van der Waals surface area contributed by atoms with E-state index >= 15 is 0 Å². The van der Waals surface area contributed by atoms with Gasteiger partial charge >= 0.3 is 0 Å². The molecule has 0 spiro atoms. The SMILES string of the molecule is CCCCCc1ccc(C2(C=O)CCC(O)CC2)cc1. The molecule has 0 atom stereocenters. The average Bonchev–Trinajstić information content (AvgIpc) is 2.50. The van der Waals surface area contributed by atoms with Crippen molar-refractivity contribution in [2.24, 2.45) is 0 Å². The van der Waals surface area contributed by atoms with Gasteiger partial charge in [0.1, 0.15) is 6.29 Å². The molecule has 0 aliphatic heterocycles. The van der Waals surface area contributed by atoms with Crippen molar-refractivity contribution >= 4 is 6.29 Å². The van der Waals surface area contributed by atoms with Crippen LogP contribution in [0.15, 0.2) is 24.3 Å². The summed E-state index contributed by atoms with van der Waals surface area (Å²) in [5, 5.41) is 9.63. The Bertz CT molecular complexity index is 414. The van der Waals surface area contributed by atoms with Gasteiger partial charge in [0.15, 0.2) is 0 Å². The molecule has 1 fully saturated rings. The van der Waals surface area contributed by atoms with Gasteiger partial charge in [0.2, 0.25) is 0 Å². The molecule has 0 aromatic heterocycles. The summed E-state index contributed by atoms with van der Waals surface area (Å²) in [6, 6.07) is 8.57. The Hall–Kier alpha value is -1.15. The summed E-state index contributed by atoms with van der Waals surface area (Å²) in [5.41, 5.74) is 2.12. The number of aliphatic hydroxyl groups is 1. The molecule has 1 aromatic carbocycles. The lowest BCUT2D eigenvalue weighted by molar-refractivity contribution is -0.114. The molecular weight excluding hydrogens is 248 g/mol. The molecule has 2 nitrogen and oxygen atoms in total. The normalized spacial score (nSPS) is 26.4. The Morgan fingerprint density at radius 1 is 1.20 bits per heavy atom. The first-order valence-corrected chi connectivity index (χ1v) is 7.94. The predicted molar refractivity (Wildman–Crippen MR) is 81.9 cm³/mol. The van der Waals surface area contributed by atoms with Gasteiger partial charge in [-0.05, 0) is 49.7 Å². The third-order valence-corrected chi connectivity index (χ3v) is 4.67. The highest BCUT2D eigenvalue weighted by Crippen LogP contribution is 2.38. The standard InChI is InChI=1S/C18H26O2/c1-2-3-4-5-15-6-8-16(9-7-15)18(14-19)12-10-17(20)11-13-18/h6-9,14,17,20H,2-5,10-13H2,1H3. The van der Waals surface area contributed by atoms with Crippen molar-refractivity contribution in [1.29, 1.82) is 0 Å². The second-order valence-corrected chi connectivity index (χ2v) is 6.16. The Morgan fingerprint density at radius 3 is 2.40 bits per heavy atom. The van der Waals surface area contributed by atoms with E-state index in [4.69, 9.17) is 0 Å². The highest BCUT2D eigenvalue weighted by Gasteiger charge is 2.36. The van der Waals surface area contributed by atoms with Crippen LogP contribution in [-0.4, -0.2) is 17.5 Å². The van der Waals surface area contributed by atoms with Crippen molar-refractivity contribution in [3.05, 3.63) is 35.4 Å². The summed E-state index contributed by atoms with van der Waals surface area (Å²) in [6.45, 7) is 2.22. The number of unbranched alkanes of at least 4 members (excludes halogenated alkanes) is 2. The summed E-state index contributed by atoms with van der Waals surface area (Å²) >= 11 is 0. The summed E-state index contributed by atoms with van der Waals surface area (Å²) in [5.74, 6) is 0. The van der Waals surface area contributed by atoms with Crippen molar-refractivity contribution in [3.63, 3.8) is 0 Å². The van der Waals surface area contributed by atoms with E-state index in [2.05, 4.69) is 31.2 Å². The molecule has 0 saturated heterocycles. The number of carbonyl (C=O) groups is 1. The number of aryl methyl sites for hydroxylation is 1. The first kappa shape index (κ1) is 15.2. The third kappa shape index (κ3) is 3.49. The second-order valence-electron chi connectivity index (χ2n) is 6.16. The highest BCUT2D eigenvalue weighted by atomic mass is 16.3. The van der Waals surface area contributed by atoms with E-state index in [-0.39, 0.29) is 11.5 Å². The lowest BCUT2D eigenvalue weighted by Gasteiger charge is -2.34. The number of hydrogen-bond acceptors (Lipinski definition) is 2. The Balaban J connectivity index is 2.05. The van der Waals surface area contributed by atoms with Gasteiger partial charge < -0.3 is 9.90 Å². The minimum Gasteiger partial charge on any atom is -0.393 e. The van der Waals surface area contributed by atoms with Gasteiger partial charge in [-0.1, -0.05) is 44.0 Å². The topological polar surface area (TPSA) is 37.3 Å². The Kier molecular flexibility index (Phi) is 5.36. The van der Waals surface area contributed by atoms with Gasteiger partial charge in [0, 0.05) is 0 Å². The van der Waals surface area contributed by atoms with Crippen LogP contribution in [0.25, 0.3) is 0 Å². The number of benzene rings is 1. The molecule has 2 rings (SSSR count). The van der Waals surface area contributed by atoms with Gasteiger partial charge in [-0.15, -0.1) is 0 Å². The fourth-order valence-electron chi connectivity index (χ4n) is 3.17. The van der Waals surface area contributed by atoms with Gasteiger partial charge in [-0.25, -0.2) is 0 Å². The monoisotopic (exact) mass is 274 g/mol. The molecule has 0 heterocycles. The lowest BCUT2D eigenvalue weighted by Crippen LogP contribution is -2.35. The summed E-state index contributed by atoms with van der Waals surface area (Å²) in [6.07, 6.45) is 8.77. The van der Waals surface area contributed by atoms with Crippen LogP contribution in [0, 0.1) is 0 Å². The molecular formula is C18H26O2. The van der Waals surface area contributed by atoms with Crippen LogP contribution in [-0.2, 0) is 16.6 Å². The quantitative estimate of drug-likeness (QED) is 0.633. The molecule has 1 saturated carbocycles. The maximum Gasteiger partial charge on any atom is 0.130 e. The molecule has 1 aliphatic rings. The zero-order valence-electron chi connectivity index (χ0n) is 12.5. The fraction of sp³-hybridized carbons (Fsp3) is 0.611. The van der Waals surface area contributed by atoms with E-state index in [1.165, 1.54) is 24.8 Å². The van der Waals surface area contributed by atoms with Crippen LogP contribution in [0.1, 0.15) is 63.0 Å². The van der Waals surface area contributed by atoms with E-state index in [0.717, 1.165) is 44.0 Å². The van der Waals surface area contributed by atoms with Crippen LogP contribution in [0.3, 0.4) is 0 Å². The van der Waals surface area contributed by atoms with Gasteiger partial charge in [0.05, 0.1) is 11.5 Å². The number of carbonyl (C=O) groups excluding carboxylic acids is 1.